The molecule has 6 heteroatoms. The molecule has 0 atom stereocenters. The SMILES string of the molecule is CCOc1ccccc1OCC(=O)OCC(=O)Nc1cccc(C)c1. The number of ether oxygens (including phenoxy) is 3. The van der Waals surface area contributed by atoms with Crippen LogP contribution >= 0.6 is 0 Å². The van der Waals surface area contributed by atoms with Gasteiger partial charge < -0.3 is 19.5 Å². The number of carbonyl (C=O) groups is 2. The Morgan fingerprint density at radius 2 is 1.68 bits per heavy atom. The molecular weight excluding hydrogens is 322 g/mol. The Morgan fingerprint density at radius 1 is 0.960 bits per heavy atom. The van der Waals surface area contributed by atoms with E-state index in [-0.39, 0.29) is 13.2 Å². The number of nitrogens with one attached hydrogen (secondary N) is 1. The van der Waals surface area contributed by atoms with Gasteiger partial charge in [-0.05, 0) is 43.7 Å². The summed E-state index contributed by atoms with van der Waals surface area (Å²) in [7, 11) is 0. The van der Waals surface area contributed by atoms with Crippen LogP contribution in [0.3, 0.4) is 0 Å². The normalized spacial score (nSPS) is 10.0. The van der Waals surface area contributed by atoms with E-state index in [2.05, 4.69) is 5.32 Å². The molecule has 0 aliphatic heterocycles. The Morgan fingerprint density at radius 3 is 2.36 bits per heavy atom. The fraction of sp³-hybridized carbons (Fsp3) is 0.263. The molecule has 0 aliphatic rings. The molecule has 0 saturated carbocycles. The van der Waals surface area contributed by atoms with Gasteiger partial charge in [0, 0.05) is 5.69 Å². The van der Waals surface area contributed by atoms with Gasteiger partial charge in [0.05, 0.1) is 6.61 Å². The summed E-state index contributed by atoms with van der Waals surface area (Å²) in [5, 5.41) is 2.66. The highest BCUT2D eigenvalue weighted by Crippen LogP contribution is 2.26. The molecule has 2 aromatic carbocycles. The average molecular weight is 343 g/mol. The van der Waals surface area contributed by atoms with E-state index < -0.39 is 11.9 Å². The zero-order valence-corrected chi connectivity index (χ0v) is 14.3. The van der Waals surface area contributed by atoms with Crippen LogP contribution in [-0.4, -0.2) is 31.7 Å². The number of benzene rings is 2. The van der Waals surface area contributed by atoms with Crippen molar-refractivity contribution in [1.29, 1.82) is 0 Å². The molecule has 0 aliphatic carbocycles. The largest absolute Gasteiger partial charge is 0.490 e. The minimum atomic E-state index is -0.634. The summed E-state index contributed by atoms with van der Waals surface area (Å²) in [6, 6.07) is 14.4. The van der Waals surface area contributed by atoms with Gasteiger partial charge in [-0.1, -0.05) is 24.3 Å². The predicted molar refractivity (Wildman–Crippen MR) is 93.9 cm³/mol. The molecule has 0 bridgehead atoms. The van der Waals surface area contributed by atoms with Crippen molar-refractivity contribution in [2.24, 2.45) is 0 Å². The number of hydrogen-bond donors (Lipinski definition) is 1. The minimum Gasteiger partial charge on any atom is -0.490 e. The predicted octanol–water partition coefficient (Wildman–Crippen LogP) is 2.95. The zero-order valence-electron chi connectivity index (χ0n) is 14.3. The number of para-hydroxylation sites is 2. The van der Waals surface area contributed by atoms with Crippen molar-refractivity contribution >= 4 is 17.6 Å². The van der Waals surface area contributed by atoms with Crippen molar-refractivity contribution in [3.63, 3.8) is 0 Å². The summed E-state index contributed by atoms with van der Waals surface area (Å²) in [4.78, 5) is 23.5. The van der Waals surface area contributed by atoms with Crippen LogP contribution in [-0.2, 0) is 14.3 Å². The lowest BCUT2D eigenvalue weighted by atomic mass is 10.2. The molecular formula is C19H21NO5. The Bertz CT molecular complexity index is 729. The van der Waals surface area contributed by atoms with Gasteiger partial charge >= 0.3 is 5.97 Å². The summed E-state index contributed by atoms with van der Waals surface area (Å²) >= 11 is 0. The zero-order chi connectivity index (χ0) is 18.1. The van der Waals surface area contributed by atoms with Crippen LogP contribution in [0.25, 0.3) is 0 Å². The van der Waals surface area contributed by atoms with Gasteiger partial charge in [0.15, 0.2) is 24.7 Å². The molecule has 2 aromatic rings. The summed E-state index contributed by atoms with van der Waals surface area (Å²) < 4.78 is 15.7. The van der Waals surface area contributed by atoms with Crippen LogP contribution < -0.4 is 14.8 Å². The highest BCUT2D eigenvalue weighted by molar-refractivity contribution is 5.92. The van der Waals surface area contributed by atoms with E-state index >= 15 is 0 Å². The first-order chi connectivity index (χ1) is 12.1. The Kier molecular flexibility index (Phi) is 6.83. The van der Waals surface area contributed by atoms with Gasteiger partial charge in [0.2, 0.25) is 0 Å². The van der Waals surface area contributed by atoms with Gasteiger partial charge in [-0.2, -0.15) is 0 Å². The van der Waals surface area contributed by atoms with Crippen molar-refractivity contribution in [1.82, 2.24) is 0 Å². The Balaban J connectivity index is 1.76. The monoisotopic (exact) mass is 343 g/mol. The molecule has 2 rings (SSSR count). The average Bonchev–Trinajstić information content (AvgIpc) is 2.59. The maximum Gasteiger partial charge on any atom is 0.344 e. The van der Waals surface area contributed by atoms with Gasteiger partial charge in [0.25, 0.3) is 5.91 Å². The maximum absolute atomic E-state index is 11.8. The molecule has 0 radical (unpaired) electrons. The van der Waals surface area contributed by atoms with E-state index in [1.165, 1.54) is 0 Å². The van der Waals surface area contributed by atoms with E-state index in [1.54, 1.807) is 24.3 Å². The van der Waals surface area contributed by atoms with Crippen molar-refractivity contribution < 1.29 is 23.8 Å². The van der Waals surface area contributed by atoms with Crippen LogP contribution in [0.5, 0.6) is 11.5 Å². The Labute approximate surface area is 146 Å². The molecule has 0 aromatic heterocycles. The second-order valence-corrected chi connectivity index (χ2v) is 5.25. The second kappa shape index (κ2) is 9.32. The standard InChI is InChI=1S/C19H21NO5/c1-3-23-16-9-4-5-10-17(16)24-13-19(22)25-12-18(21)20-15-8-6-7-14(2)11-15/h4-11H,3,12-13H2,1-2H3,(H,20,21). The maximum atomic E-state index is 11.8. The summed E-state index contributed by atoms with van der Waals surface area (Å²) in [6.45, 7) is 3.60. The van der Waals surface area contributed by atoms with Crippen LogP contribution in [0.4, 0.5) is 5.69 Å². The van der Waals surface area contributed by atoms with Gasteiger partial charge in [-0.15, -0.1) is 0 Å². The molecule has 132 valence electrons. The smallest absolute Gasteiger partial charge is 0.344 e. The number of aryl methyl sites for hydroxylation is 1. The molecule has 25 heavy (non-hydrogen) atoms. The molecule has 1 N–H and O–H groups in total. The first kappa shape index (κ1) is 18.3. The lowest BCUT2D eigenvalue weighted by molar-refractivity contribution is -0.149. The van der Waals surface area contributed by atoms with Crippen LogP contribution in [0, 0.1) is 6.92 Å². The Hall–Kier alpha value is -3.02. The fourth-order valence-electron chi connectivity index (χ4n) is 2.09. The molecule has 0 heterocycles. The van der Waals surface area contributed by atoms with Gasteiger partial charge in [0.1, 0.15) is 0 Å². The number of amides is 1. The van der Waals surface area contributed by atoms with Crippen molar-refractivity contribution in [2.45, 2.75) is 13.8 Å². The number of anilines is 1. The first-order valence-electron chi connectivity index (χ1n) is 7.95. The summed E-state index contributed by atoms with van der Waals surface area (Å²) in [5.41, 5.74) is 1.68. The first-order valence-corrected chi connectivity index (χ1v) is 7.95. The highest BCUT2D eigenvalue weighted by Gasteiger charge is 2.11. The lowest BCUT2D eigenvalue weighted by Crippen LogP contribution is -2.23. The van der Waals surface area contributed by atoms with Crippen molar-refractivity contribution in [2.75, 3.05) is 25.1 Å². The van der Waals surface area contributed by atoms with Crippen LogP contribution in [0.15, 0.2) is 48.5 Å². The highest BCUT2D eigenvalue weighted by atomic mass is 16.6. The third kappa shape index (κ3) is 6.18. The third-order valence-corrected chi connectivity index (χ3v) is 3.16. The molecule has 1 amide bonds. The molecule has 6 nitrogen and oxygen atoms in total. The third-order valence-electron chi connectivity index (χ3n) is 3.16. The van der Waals surface area contributed by atoms with Gasteiger partial charge in [-0.3, -0.25) is 4.79 Å². The van der Waals surface area contributed by atoms with Crippen molar-refractivity contribution in [3.8, 4) is 11.5 Å². The minimum absolute atomic E-state index is 0.304. The lowest BCUT2D eigenvalue weighted by Gasteiger charge is -2.11. The summed E-state index contributed by atoms with van der Waals surface area (Å²) in [5.74, 6) is -0.0418. The second-order valence-electron chi connectivity index (χ2n) is 5.25. The quantitative estimate of drug-likeness (QED) is 0.746. The van der Waals surface area contributed by atoms with Crippen LogP contribution in [0.1, 0.15) is 12.5 Å². The van der Waals surface area contributed by atoms with E-state index in [0.717, 1.165) is 5.56 Å². The van der Waals surface area contributed by atoms with Crippen LogP contribution in [0.2, 0.25) is 0 Å². The number of esters is 1. The van der Waals surface area contributed by atoms with E-state index in [0.29, 0.717) is 23.8 Å². The number of hydrogen-bond acceptors (Lipinski definition) is 5. The molecule has 0 unspecified atom stereocenters. The molecule has 0 fully saturated rings. The molecule has 0 saturated heterocycles. The number of rotatable bonds is 8. The topological polar surface area (TPSA) is 73.9 Å². The van der Waals surface area contributed by atoms with E-state index in [1.807, 2.05) is 38.1 Å². The van der Waals surface area contributed by atoms with Gasteiger partial charge in [-0.25, -0.2) is 4.79 Å². The molecule has 0 spiro atoms. The van der Waals surface area contributed by atoms with E-state index in [9.17, 15) is 9.59 Å². The van der Waals surface area contributed by atoms with Crippen molar-refractivity contribution in [3.05, 3.63) is 54.1 Å². The summed E-state index contributed by atoms with van der Waals surface area (Å²) in [6.07, 6.45) is 0. The fourth-order valence-corrected chi connectivity index (χ4v) is 2.09. The van der Waals surface area contributed by atoms with E-state index in [4.69, 9.17) is 14.2 Å². The number of carbonyl (C=O) groups excluding carboxylic acids is 2.